The predicted octanol–water partition coefficient (Wildman–Crippen LogP) is 1.33. The second kappa shape index (κ2) is 6.46. The normalized spacial score (nSPS) is 22.2. The van der Waals surface area contributed by atoms with Crippen molar-refractivity contribution < 1.29 is 4.74 Å². The molecule has 0 aromatic heterocycles. The van der Waals surface area contributed by atoms with Gasteiger partial charge in [0.25, 0.3) is 0 Å². The van der Waals surface area contributed by atoms with Crippen LogP contribution in [0.3, 0.4) is 0 Å². The molecule has 0 radical (unpaired) electrons. The molecule has 1 aliphatic heterocycles. The van der Waals surface area contributed by atoms with E-state index in [4.69, 9.17) is 10.5 Å². The molecule has 90 valence electrons. The van der Waals surface area contributed by atoms with E-state index in [0.29, 0.717) is 6.61 Å². The third-order valence-electron chi connectivity index (χ3n) is 3.45. The van der Waals surface area contributed by atoms with Crippen LogP contribution in [-0.2, 0) is 4.74 Å². The number of rotatable bonds is 5. The molecule has 1 rings (SSSR count). The van der Waals surface area contributed by atoms with E-state index in [2.05, 4.69) is 18.7 Å². The van der Waals surface area contributed by atoms with Crippen LogP contribution in [0.1, 0.15) is 26.7 Å². The Balaban J connectivity index is 2.19. The van der Waals surface area contributed by atoms with Crippen molar-refractivity contribution in [2.75, 3.05) is 33.4 Å². The van der Waals surface area contributed by atoms with Gasteiger partial charge in [-0.25, -0.2) is 0 Å². The van der Waals surface area contributed by atoms with Gasteiger partial charge in [-0.05, 0) is 37.8 Å². The average molecular weight is 214 g/mol. The molecule has 0 aromatic carbocycles. The smallest absolute Gasteiger partial charge is 0.0626 e. The highest BCUT2D eigenvalue weighted by atomic mass is 16.5. The van der Waals surface area contributed by atoms with Crippen LogP contribution in [0.25, 0.3) is 0 Å². The Labute approximate surface area is 94.0 Å². The van der Waals surface area contributed by atoms with Crippen molar-refractivity contribution in [1.29, 1.82) is 0 Å². The van der Waals surface area contributed by atoms with E-state index >= 15 is 0 Å². The molecule has 1 heterocycles. The fourth-order valence-corrected chi connectivity index (χ4v) is 2.40. The Morgan fingerprint density at radius 3 is 2.40 bits per heavy atom. The van der Waals surface area contributed by atoms with Crippen LogP contribution >= 0.6 is 0 Å². The predicted molar refractivity (Wildman–Crippen MR) is 63.9 cm³/mol. The van der Waals surface area contributed by atoms with E-state index in [1.54, 1.807) is 7.11 Å². The molecular weight excluding hydrogens is 188 g/mol. The second-order valence-corrected chi connectivity index (χ2v) is 5.10. The SMILES string of the molecule is COCC(N)CN1CCC(C(C)C)CC1. The summed E-state index contributed by atoms with van der Waals surface area (Å²) >= 11 is 0. The van der Waals surface area contributed by atoms with Gasteiger partial charge in [-0.2, -0.15) is 0 Å². The summed E-state index contributed by atoms with van der Waals surface area (Å²) in [6, 6.07) is 0.172. The highest BCUT2D eigenvalue weighted by Crippen LogP contribution is 2.24. The maximum atomic E-state index is 5.94. The van der Waals surface area contributed by atoms with Gasteiger partial charge < -0.3 is 15.4 Å². The Bertz CT molecular complexity index is 165. The third kappa shape index (κ3) is 4.49. The molecule has 0 bridgehead atoms. The van der Waals surface area contributed by atoms with Crippen molar-refractivity contribution in [3.05, 3.63) is 0 Å². The second-order valence-electron chi connectivity index (χ2n) is 5.10. The van der Waals surface area contributed by atoms with E-state index in [0.717, 1.165) is 18.4 Å². The summed E-state index contributed by atoms with van der Waals surface area (Å²) < 4.78 is 5.05. The van der Waals surface area contributed by atoms with Crippen LogP contribution in [0.15, 0.2) is 0 Å². The molecule has 0 saturated carbocycles. The first kappa shape index (κ1) is 12.9. The quantitative estimate of drug-likeness (QED) is 0.750. The lowest BCUT2D eigenvalue weighted by molar-refractivity contribution is 0.121. The first-order chi connectivity index (χ1) is 7.13. The zero-order valence-electron chi connectivity index (χ0n) is 10.4. The van der Waals surface area contributed by atoms with Crippen molar-refractivity contribution >= 4 is 0 Å². The summed E-state index contributed by atoms with van der Waals surface area (Å²) in [7, 11) is 1.71. The zero-order valence-corrected chi connectivity index (χ0v) is 10.4. The topological polar surface area (TPSA) is 38.5 Å². The van der Waals surface area contributed by atoms with E-state index in [-0.39, 0.29) is 6.04 Å². The summed E-state index contributed by atoms with van der Waals surface area (Å²) in [4.78, 5) is 2.47. The van der Waals surface area contributed by atoms with Crippen LogP contribution in [0.5, 0.6) is 0 Å². The van der Waals surface area contributed by atoms with E-state index in [1.807, 2.05) is 0 Å². The minimum atomic E-state index is 0.172. The van der Waals surface area contributed by atoms with Gasteiger partial charge in [-0.3, -0.25) is 0 Å². The molecule has 3 heteroatoms. The van der Waals surface area contributed by atoms with E-state index < -0.39 is 0 Å². The summed E-state index contributed by atoms with van der Waals surface area (Å²) in [6.07, 6.45) is 2.66. The fourth-order valence-electron chi connectivity index (χ4n) is 2.40. The van der Waals surface area contributed by atoms with Crippen molar-refractivity contribution in [1.82, 2.24) is 4.90 Å². The summed E-state index contributed by atoms with van der Waals surface area (Å²) in [5, 5.41) is 0. The minimum Gasteiger partial charge on any atom is -0.383 e. The fraction of sp³-hybridized carbons (Fsp3) is 1.00. The Hall–Kier alpha value is -0.120. The molecule has 1 saturated heterocycles. The maximum Gasteiger partial charge on any atom is 0.0626 e. The molecule has 1 fully saturated rings. The molecular formula is C12H26N2O. The van der Waals surface area contributed by atoms with Gasteiger partial charge in [0.2, 0.25) is 0 Å². The highest BCUT2D eigenvalue weighted by molar-refractivity contribution is 4.77. The number of methoxy groups -OCH3 is 1. The molecule has 15 heavy (non-hydrogen) atoms. The number of piperidine rings is 1. The number of hydrogen-bond acceptors (Lipinski definition) is 3. The molecule has 0 aliphatic carbocycles. The van der Waals surface area contributed by atoms with Crippen LogP contribution < -0.4 is 5.73 Å². The summed E-state index contributed by atoms with van der Waals surface area (Å²) in [5.41, 5.74) is 5.94. The van der Waals surface area contributed by atoms with Crippen LogP contribution in [0.2, 0.25) is 0 Å². The molecule has 1 unspecified atom stereocenters. The first-order valence-electron chi connectivity index (χ1n) is 6.10. The Kier molecular flexibility index (Phi) is 5.58. The van der Waals surface area contributed by atoms with Crippen molar-refractivity contribution in [3.63, 3.8) is 0 Å². The lowest BCUT2D eigenvalue weighted by atomic mass is 9.86. The number of nitrogens with zero attached hydrogens (tertiary/aromatic N) is 1. The van der Waals surface area contributed by atoms with Crippen LogP contribution in [0.4, 0.5) is 0 Å². The average Bonchev–Trinajstić information content (AvgIpc) is 2.18. The number of ether oxygens (including phenoxy) is 1. The highest BCUT2D eigenvalue weighted by Gasteiger charge is 2.22. The van der Waals surface area contributed by atoms with Gasteiger partial charge in [0.15, 0.2) is 0 Å². The molecule has 3 nitrogen and oxygen atoms in total. The molecule has 0 spiro atoms. The standard InChI is InChI=1S/C12H26N2O/c1-10(2)11-4-6-14(7-5-11)8-12(13)9-15-3/h10-12H,4-9,13H2,1-3H3. The monoisotopic (exact) mass is 214 g/mol. The number of nitrogens with two attached hydrogens (primary N) is 1. The molecule has 1 atom stereocenters. The molecule has 0 aromatic rings. The summed E-state index contributed by atoms with van der Waals surface area (Å²) in [6.45, 7) is 8.73. The van der Waals surface area contributed by atoms with E-state index in [9.17, 15) is 0 Å². The van der Waals surface area contributed by atoms with Crippen molar-refractivity contribution in [3.8, 4) is 0 Å². The van der Waals surface area contributed by atoms with Gasteiger partial charge in [0.1, 0.15) is 0 Å². The van der Waals surface area contributed by atoms with Crippen LogP contribution in [0, 0.1) is 11.8 Å². The van der Waals surface area contributed by atoms with Crippen molar-refractivity contribution in [2.24, 2.45) is 17.6 Å². The van der Waals surface area contributed by atoms with Gasteiger partial charge >= 0.3 is 0 Å². The maximum absolute atomic E-state index is 5.94. The summed E-state index contributed by atoms with van der Waals surface area (Å²) in [5.74, 6) is 1.75. The van der Waals surface area contributed by atoms with Gasteiger partial charge in [-0.1, -0.05) is 13.8 Å². The first-order valence-corrected chi connectivity index (χ1v) is 6.10. The van der Waals surface area contributed by atoms with Crippen molar-refractivity contribution in [2.45, 2.75) is 32.7 Å². The molecule has 2 N–H and O–H groups in total. The molecule has 0 amide bonds. The number of hydrogen-bond donors (Lipinski definition) is 1. The number of likely N-dealkylation sites (tertiary alicyclic amines) is 1. The molecule has 1 aliphatic rings. The minimum absolute atomic E-state index is 0.172. The van der Waals surface area contributed by atoms with Gasteiger partial charge in [0.05, 0.1) is 6.61 Å². The van der Waals surface area contributed by atoms with Crippen LogP contribution in [-0.4, -0.2) is 44.3 Å². The third-order valence-corrected chi connectivity index (χ3v) is 3.45. The van der Waals surface area contributed by atoms with E-state index in [1.165, 1.54) is 25.9 Å². The Morgan fingerprint density at radius 1 is 1.33 bits per heavy atom. The van der Waals surface area contributed by atoms with Gasteiger partial charge in [0, 0.05) is 19.7 Å². The lowest BCUT2D eigenvalue weighted by Gasteiger charge is -2.34. The van der Waals surface area contributed by atoms with Gasteiger partial charge in [-0.15, -0.1) is 0 Å². The zero-order chi connectivity index (χ0) is 11.3. The largest absolute Gasteiger partial charge is 0.383 e. The Morgan fingerprint density at radius 2 is 1.93 bits per heavy atom. The lowest BCUT2D eigenvalue weighted by Crippen LogP contribution is -2.44.